The zero-order chi connectivity index (χ0) is 16.4. The molecule has 0 saturated heterocycles. The molecule has 1 unspecified atom stereocenters. The van der Waals surface area contributed by atoms with Gasteiger partial charge in [-0.25, -0.2) is 9.97 Å². The minimum atomic E-state index is 0.0764. The summed E-state index contributed by atoms with van der Waals surface area (Å²) in [6.07, 6.45) is 2.78. The lowest BCUT2D eigenvalue weighted by Gasteiger charge is -2.13. The molecule has 1 atom stereocenters. The summed E-state index contributed by atoms with van der Waals surface area (Å²) in [6.45, 7) is 4.81. The zero-order valence-corrected chi connectivity index (χ0v) is 13.8. The maximum absolute atomic E-state index is 6.18. The van der Waals surface area contributed by atoms with E-state index in [0.29, 0.717) is 6.54 Å². The molecule has 23 heavy (non-hydrogen) atoms. The molecule has 2 aromatic heterocycles. The van der Waals surface area contributed by atoms with E-state index in [-0.39, 0.29) is 6.04 Å². The normalized spacial score (nSPS) is 12.5. The molecular formula is C18H22N4O. The van der Waals surface area contributed by atoms with Crippen LogP contribution in [0.25, 0.3) is 22.6 Å². The molecule has 0 radical (unpaired) electrons. The van der Waals surface area contributed by atoms with Gasteiger partial charge in [0.2, 0.25) is 0 Å². The van der Waals surface area contributed by atoms with Gasteiger partial charge in [0.25, 0.3) is 0 Å². The van der Waals surface area contributed by atoms with Crippen molar-refractivity contribution in [3.63, 3.8) is 0 Å². The summed E-state index contributed by atoms with van der Waals surface area (Å²) in [5.74, 6) is 1.72. The largest absolute Gasteiger partial charge is 0.497 e. The maximum atomic E-state index is 6.18. The predicted molar refractivity (Wildman–Crippen MR) is 92.5 cm³/mol. The lowest BCUT2D eigenvalue weighted by Crippen LogP contribution is -2.25. The summed E-state index contributed by atoms with van der Waals surface area (Å²) in [5.41, 5.74) is 10.1. The molecule has 0 fully saturated rings. The Balaban J connectivity index is 2.14. The highest BCUT2D eigenvalue weighted by Gasteiger charge is 2.15. The summed E-state index contributed by atoms with van der Waals surface area (Å²) in [7, 11) is 1.66. The van der Waals surface area contributed by atoms with E-state index in [1.807, 2.05) is 37.4 Å². The number of aromatic nitrogens is 3. The van der Waals surface area contributed by atoms with Gasteiger partial charge >= 0.3 is 0 Å². The highest BCUT2D eigenvalue weighted by Crippen LogP contribution is 2.26. The van der Waals surface area contributed by atoms with Crippen LogP contribution in [0.4, 0.5) is 0 Å². The van der Waals surface area contributed by atoms with Crippen molar-refractivity contribution in [3.8, 4) is 17.1 Å². The van der Waals surface area contributed by atoms with Gasteiger partial charge in [0.05, 0.1) is 7.11 Å². The highest BCUT2D eigenvalue weighted by atomic mass is 16.5. The van der Waals surface area contributed by atoms with E-state index in [2.05, 4.69) is 22.5 Å². The Morgan fingerprint density at radius 3 is 2.65 bits per heavy atom. The van der Waals surface area contributed by atoms with E-state index in [0.717, 1.165) is 40.3 Å². The fourth-order valence-corrected chi connectivity index (χ4v) is 2.61. The van der Waals surface area contributed by atoms with Crippen molar-refractivity contribution >= 4 is 11.2 Å². The first-order chi connectivity index (χ1) is 11.1. The monoisotopic (exact) mass is 310 g/mol. The Hall–Kier alpha value is -2.40. The lowest BCUT2D eigenvalue weighted by atomic mass is 10.2. The molecule has 0 amide bonds. The van der Waals surface area contributed by atoms with Gasteiger partial charge in [0, 0.05) is 24.3 Å². The van der Waals surface area contributed by atoms with Gasteiger partial charge in [0.1, 0.15) is 17.1 Å². The van der Waals surface area contributed by atoms with Gasteiger partial charge in [-0.05, 0) is 49.2 Å². The fourth-order valence-electron chi connectivity index (χ4n) is 2.61. The Morgan fingerprint density at radius 2 is 2.00 bits per heavy atom. The number of methoxy groups -OCH3 is 1. The number of imidazole rings is 1. The first-order valence-electron chi connectivity index (χ1n) is 7.85. The topological polar surface area (TPSA) is 66.0 Å². The van der Waals surface area contributed by atoms with Gasteiger partial charge < -0.3 is 15.0 Å². The fraction of sp³-hybridized carbons (Fsp3) is 0.333. The lowest BCUT2D eigenvalue weighted by molar-refractivity contribution is 0.415. The van der Waals surface area contributed by atoms with Gasteiger partial charge in [-0.1, -0.05) is 6.92 Å². The van der Waals surface area contributed by atoms with Crippen molar-refractivity contribution in [1.82, 2.24) is 14.5 Å². The molecule has 3 rings (SSSR count). The first kappa shape index (κ1) is 15.5. The van der Waals surface area contributed by atoms with Crippen molar-refractivity contribution < 1.29 is 4.74 Å². The van der Waals surface area contributed by atoms with Crippen LogP contribution in [0, 0.1) is 6.92 Å². The average Bonchev–Trinajstić information content (AvgIpc) is 2.92. The molecule has 0 aliphatic carbocycles. The number of ether oxygens (including phenoxy) is 1. The molecule has 5 heteroatoms. The minimum absolute atomic E-state index is 0.0764. The smallest absolute Gasteiger partial charge is 0.160 e. The number of hydrogen-bond donors (Lipinski definition) is 1. The summed E-state index contributed by atoms with van der Waals surface area (Å²) in [4.78, 5) is 9.36. The molecule has 2 N–H and O–H groups in total. The Kier molecular flexibility index (Phi) is 4.30. The number of nitrogens with zero attached hydrogens (tertiary/aromatic N) is 3. The molecule has 120 valence electrons. The molecule has 3 aromatic rings. The minimum Gasteiger partial charge on any atom is -0.497 e. The molecule has 5 nitrogen and oxygen atoms in total. The molecule has 0 bridgehead atoms. The van der Waals surface area contributed by atoms with Crippen LogP contribution in [0.5, 0.6) is 5.75 Å². The van der Waals surface area contributed by atoms with E-state index in [4.69, 9.17) is 15.5 Å². The third kappa shape index (κ3) is 3.05. The van der Waals surface area contributed by atoms with Crippen molar-refractivity contribution in [2.45, 2.75) is 32.9 Å². The number of nitrogens with two attached hydrogens (primary N) is 1. The quantitative estimate of drug-likeness (QED) is 0.786. The Bertz CT molecular complexity index is 808. The standard InChI is InChI=1S/C18H22N4O/c1-4-14(19)11-22-17(13-5-7-15(23-3)8-6-13)21-16-9-12(2)10-20-18(16)22/h5-10,14H,4,11,19H2,1-3H3. The third-order valence-electron chi connectivity index (χ3n) is 4.01. The molecular weight excluding hydrogens is 288 g/mol. The van der Waals surface area contributed by atoms with E-state index in [1.54, 1.807) is 7.11 Å². The van der Waals surface area contributed by atoms with Gasteiger partial charge in [0.15, 0.2) is 5.65 Å². The first-order valence-corrected chi connectivity index (χ1v) is 7.85. The van der Waals surface area contributed by atoms with Crippen LogP contribution in [-0.4, -0.2) is 27.7 Å². The average molecular weight is 310 g/mol. The van der Waals surface area contributed by atoms with Crippen LogP contribution in [-0.2, 0) is 6.54 Å². The third-order valence-corrected chi connectivity index (χ3v) is 4.01. The van der Waals surface area contributed by atoms with Crippen LogP contribution in [0.15, 0.2) is 36.5 Å². The van der Waals surface area contributed by atoms with Crippen molar-refractivity contribution in [2.24, 2.45) is 5.73 Å². The highest BCUT2D eigenvalue weighted by molar-refractivity contribution is 5.77. The zero-order valence-electron chi connectivity index (χ0n) is 13.8. The second-order valence-corrected chi connectivity index (χ2v) is 5.80. The number of fused-ring (bicyclic) bond motifs is 1. The van der Waals surface area contributed by atoms with E-state index in [1.165, 1.54) is 0 Å². The molecule has 2 heterocycles. The van der Waals surface area contributed by atoms with Crippen molar-refractivity contribution in [1.29, 1.82) is 0 Å². The van der Waals surface area contributed by atoms with E-state index >= 15 is 0 Å². The number of rotatable bonds is 5. The summed E-state index contributed by atoms with van der Waals surface area (Å²) in [5, 5.41) is 0. The van der Waals surface area contributed by atoms with Crippen LogP contribution in [0.3, 0.4) is 0 Å². The van der Waals surface area contributed by atoms with Crippen LogP contribution < -0.4 is 10.5 Å². The van der Waals surface area contributed by atoms with Gasteiger partial charge in [-0.2, -0.15) is 0 Å². The van der Waals surface area contributed by atoms with Gasteiger partial charge in [-0.3, -0.25) is 0 Å². The number of benzene rings is 1. The van der Waals surface area contributed by atoms with Crippen LogP contribution in [0.1, 0.15) is 18.9 Å². The number of pyridine rings is 1. The second-order valence-electron chi connectivity index (χ2n) is 5.80. The molecule has 0 spiro atoms. The SMILES string of the molecule is CCC(N)Cn1c(-c2ccc(OC)cc2)nc2cc(C)cnc21. The summed E-state index contributed by atoms with van der Waals surface area (Å²) in [6, 6.07) is 10.0. The predicted octanol–water partition coefficient (Wildman–Crippen LogP) is 3.15. The van der Waals surface area contributed by atoms with E-state index in [9.17, 15) is 0 Å². The van der Waals surface area contributed by atoms with Crippen molar-refractivity contribution in [3.05, 3.63) is 42.1 Å². The molecule has 0 aliphatic heterocycles. The Labute approximate surface area is 136 Å². The number of aryl methyl sites for hydroxylation is 1. The Morgan fingerprint density at radius 1 is 1.26 bits per heavy atom. The van der Waals surface area contributed by atoms with Crippen LogP contribution in [0.2, 0.25) is 0 Å². The van der Waals surface area contributed by atoms with Gasteiger partial charge in [-0.15, -0.1) is 0 Å². The van der Waals surface area contributed by atoms with E-state index < -0.39 is 0 Å². The molecule has 0 saturated carbocycles. The molecule has 1 aromatic carbocycles. The molecule has 0 aliphatic rings. The maximum Gasteiger partial charge on any atom is 0.160 e. The van der Waals surface area contributed by atoms with Crippen LogP contribution >= 0.6 is 0 Å². The second kappa shape index (κ2) is 6.38. The van der Waals surface area contributed by atoms with Crippen molar-refractivity contribution in [2.75, 3.05) is 7.11 Å². The summed E-state index contributed by atoms with van der Waals surface area (Å²) >= 11 is 0. The number of hydrogen-bond acceptors (Lipinski definition) is 4. The summed E-state index contributed by atoms with van der Waals surface area (Å²) < 4.78 is 7.35.